The summed E-state index contributed by atoms with van der Waals surface area (Å²) in [6.07, 6.45) is 1.27. The van der Waals surface area contributed by atoms with Gasteiger partial charge in [0.15, 0.2) is 5.76 Å². The molecule has 0 saturated carbocycles. The van der Waals surface area contributed by atoms with Gasteiger partial charge in [0.1, 0.15) is 18.1 Å². The lowest BCUT2D eigenvalue weighted by Gasteiger charge is -2.30. The largest absolute Gasteiger partial charge is 0.486 e. The molecule has 2 amide bonds. The van der Waals surface area contributed by atoms with Crippen molar-refractivity contribution in [3.63, 3.8) is 0 Å². The zero-order valence-electron chi connectivity index (χ0n) is 16.6. The summed E-state index contributed by atoms with van der Waals surface area (Å²) in [7, 11) is 0. The second-order valence-electron chi connectivity index (χ2n) is 7.29. The Kier molecular flexibility index (Phi) is 6.13. The van der Waals surface area contributed by atoms with Gasteiger partial charge in [-0.2, -0.15) is 0 Å². The molecule has 1 saturated heterocycles. The summed E-state index contributed by atoms with van der Waals surface area (Å²) in [5, 5.41) is 2.94. The first-order valence-corrected chi connectivity index (χ1v) is 10.1. The molecule has 0 radical (unpaired) electrons. The minimum atomic E-state index is -0.150. The van der Waals surface area contributed by atoms with E-state index >= 15 is 0 Å². The van der Waals surface area contributed by atoms with Crippen LogP contribution in [0.3, 0.4) is 0 Å². The van der Waals surface area contributed by atoms with Gasteiger partial charge in [0.05, 0.1) is 0 Å². The Balaban J connectivity index is 1.27. The van der Waals surface area contributed by atoms with Crippen LogP contribution in [0.2, 0.25) is 0 Å². The maximum absolute atomic E-state index is 12.7. The molecule has 4 rings (SSSR count). The maximum Gasteiger partial charge on any atom is 0.289 e. The summed E-state index contributed by atoms with van der Waals surface area (Å²) in [4.78, 5) is 26.9. The van der Waals surface area contributed by atoms with Crippen LogP contribution in [0, 0.1) is 5.92 Å². The van der Waals surface area contributed by atoms with E-state index in [1.165, 1.54) is 0 Å². The van der Waals surface area contributed by atoms with Crippen LogP contribution in [0.15, 0.2) is 77.2 Å². The number of ether oxygens (including phenoxy) is 1. The molecule has 2 heterocycles. The second-order valence-corrected chi connectivity index (χ2v) is 7.29. The smallest absolute Gasteiger partial charge is 0.289 e. The second kappa shape index (κ2) is 9.31. The number of benzene rings is 2. The highest BCUT2D eigenvalue weighted by atomic mass is 16.5. The number of piperidine rings is 1. The van der Waals surface area contributed by atoms with Gasteiger partial charge in [-0.15, -0.1) is 0 Å². The molecule has 1 aliphatic rings. The number of para-hydroxylation sites is 2. The lowest BCUT2D eigenvalue weighted by atomic mass is 9.95. The highest BCUT2D eigenvalue weighted by Crippen LogP contribution is 2.22. The van der Waals surface area contributed by atoms with E-state index in [1.807, 2.05) is 60.7 Å². The topological polar surface area (TPSA) is 71.8 Å². The molecule has 30 heavy (non-hydrogen) atoms. The third kappa shape index (κ3) is 4.89. The van der Waals surface area contributed by atoms with E-state index < -0.39 is 0 Å². The van der Waals surface area contributed by atoms with Crippen LogP contribution >= 0.6 is 0 Å². The van der Waals surface area contributed by atoms with Crippen molar-refractivity contribution in [2.45, 2.75) is 19.4 Å². The van der Waals surface area contributed by atoms with Gasteiger partial charge in [0, 0.05) is 24.7 Å². The Hall–Kier alpha value is -3.54. The normalized spacial score (nSPS) is 14.3. The molecule has 0 atom stereocenters. The maximum atomic E-state index is 12.7. The van der Waals surface area contributed by atoms with Gasteiger partial charge in [-0.25, -0.2) is 0 Å². The summed E-state index contributed by atoms with van der Waals surface area (Å²) >= 11 is 0. The molecule has 1 fully saturated rings. The van der Waals surface area contributed by atoms with Gasteiger partial charge < -0.3 is 19.4 Å². The fraction of sp³-hybridized carbons (Fsp3) is 0.250. The van der Waals surface area contributed by atoms with Crippen molar-refractivity contribution in [2.75, 3.05) is 18.4 Å². The van der Waals surface area contributed by atoms with Crippen LogP contribution in [0.4, 0.5) is 5.69 Å². The van der Waals surface area contributed by atoms with Gasteiger partial charge >= 0.3 is 0 Å². The summed E-state index contributed by atoms with van der Waals surface area (Å²) < 4.78 is 11.3. The van der Waals surface area contributed by atoms with Crippen molar-refractivity contribution in [1.29, 1.82) is 0 Å². The molecular formula is C24H24N2O4. The number of hydrogen-bond donors (Lipinski definition) is 1. The molecule has 1 aliphatic heterocycles. The van der Waals surface area contributed by atoms with Crippen LogP contribution in [-0.4, -0.2) is 29.8 Å². The van der Waals surface area contributed by atoms with Crippen LogP contribution in [-0.2, 0) is 11.4 Å². The summed E-state index contributed by atoms with van der Waals surface area (Å²) in [6, 6.07) is 22.3. The molecule has 0 bridgehead atoms. The number of furan rings is 1. The van der Waals surface area contributed by atoms with Gasteiger partial charge in [0.25, 0.3) is 5.91 Å². The van der Waals surface area contributed by atoms with Crippen LogP contribution in [0.25, 0.3) is 0 Å². The third-order valence-electron chi connectivity index (χ3n) is 5.19. The van der Waals surface area contributed by atoms with Crippen LogP contribution in [0.1, 0.15) is 29.2 Å². The van der Waals surface area contributed by atoms with Crippen LogP contribution in [0.5, 0.6) is 5.75 Å². The van der Waals surface area contributed by atoms with E-state index in [2.05, 4.69) is 5.32 Å². The Bertz CT molecular complexity index is 977. The number of amides is 2. The van der Waals surface area contributed by atoms with Crippen LogP contribution < -0.4 is 10.1 Å². The molecule has 0 spiro atoms. The van der Waals surface area contributed by atoms with E-state index in [4.69, 9.17) is 9.15 Å². The minimum absolute atomic E-state index is 0.00615. The zero-order valence-corrected chi connectivity index (χ0v) is 16.6. The molecule has 6 nitrogen and oxygen atoms in total. The fourth-order valence-corrected chi connectivity index (χ4v) is 3.51. The van der Waals surface area contributed by atoms with E-state index in [-0.39, 0.29) is 24.3 Å². The minimum Gasteiger partial charge on any atom is -0.486 e. The van der Waals surface area contributed by atoms with Gasteiger partial charge in [0.2, 0.25) is 5.91 Å². The Morgan fingerprint density at radius 1 is 0.933 bits per heavy atom. The number of nitrogens with one attached hydrogen (secondary N) is 1. The number of carbonyl (C=O) groups is 2. The van der Waals surface area contributed by atoms with Gasteiger partial charge in [-0.05, 0) is 49.2 Å². The number of hydrogen-bond acceptors (Lipinski definition) is 4. The molecule has 1 N–H and O–H groups in total. The summed E-state index contributed by atoms with van der Waals surface area (Å²) in [6.45, 7) is 1.32. The molecule has 3 aromatic rings. The average molecular weight is 404 g/mol. The van der Waals surface area contributed by atoms with Crippen molar-refractivity contribution in [3.8, 4) is 5.75 Å². The van der Waals surface area contributed by atoms with E-state index in [1.54, 1.807) is 17.0 Å². The van der Waals surface area contributed by atoms with Crippen molar-refractivity contribution >= 4 is 17.5 Å². The number of likely N-dealkylation sites (tertiary alicyclic amines) is 1. The first kappa shape index (κ1) is 19.8. The number of anilines is 1. The number of rotatable bonds is 6. The lowest BCUT2D eigenvalue weighted by Crippen LogP contribution is -2.41. The first-order valence-electron chi connectivity index (χ1n) is 10.1. The van der Waals surface area contributed by atoms with Gasteiger partial charge in [-0.1, -0.05) is 36.4 Å². The third-order valence-corrected chi connectivity index (χ3v) is 5.19. The predicted molar refractivity (Wildman–Crippen MR) is 113 cm³/mol. The Labute approximate surface area is 175 Å². The SMILES string of the molecule is O=C(Nc1ccccc1)C1CCN(C(=O)c2ccc(COc3ccccc3)o2)CC1. The molecule has 6 heteroatoms. The average Bonchev–Trinajstić information content (AvgIpc) is 3.28. The number of nitrogens with zero attached hydrogens (tertiary/aromatic N) is 1. The monoisotopic (exact) mass is 404 g/mol. The molecule has 2 aromatic carbocycles. The Morgan fingerprint density at radius 2 is 1.60 bits per heavy atom. The number of carbonyl (C=O) groups excluding carboxylic acids is 2. The molecule has 154 valence electrons. The van der Waals surface area contributed by atoms with Crippen molar-refractivity contribution in [1.82, 2.24) is 4.90 Å². The summed E-state index contributed by atoms with van der Waals surface area (Å²) in [5.74, 6) is 1.40. The molecule has 1 aromatic heterocycles. The van der Waals surface area contributed by atoms with Crippen molar-refractivity contribution in [3.05, 3.63) is 84.3 Å². The predicted octanol–water partition coefficient (Wildman–Crippen LogP) is 4.35. The first-order chi connectivity index (χ1) is 14.7. The van der Waals surface area contributed by atoms with Gasteiger partial charge in [-0.3, -0.25) is 9.59 Å². The lowest BCUT2D eigenvalue weighted by molar-refractivity contribution is -0.121. The molecular weight excluding hydrogens is 380 g/mol. The zero-order chi connectivity index (χ0) is 20.8. The highest BCUT2D eigenvalue weighted by molar-refractivity contribution is 5.94. The van der Waals surface area contributed by atoms with E-state index in [9.17, 15) is 9.59 Å². The van der Waals surface area contributed by atoms with Crippen molar-refractivity contribution < 1.29 is 18.7 Å². The highest BCUT2D eigenvalue weighted by Gasteiger charge is 2.29. The Morgan fingerprint density at radius 3 is 2.30 bits per heavy atom. The summed E-state index contributed by atoms with van der Waals surface area (Å²) in [5.41, 5.74) is 0.793. The fourth-order valence-electron chi connectivity index (χ4n) is 3.51. The van der Waals surface area contributed by atoms with Crippen molar-refractivity contribution in [2.24, 2.45) is 5.92 Å². The quantitative estimate of drug-likeness (QED) is 0.663. The standard InChI is InChI=1S/C24H24N2O4/c27-23(25-19-7-3-1-4-8-19)18-13-15-26(16-14-18)24(28)22-12-11-21(30-22)17-29-20-9-5-2-6-10-20/h1-12,18H,13-17H2,(H,25,27). The van der Waals surface area contributed by atoms with E-state index in [0.29, 0.717) is 37.5 Å². The molecule has 0 unspecified atom stereocenters. The molecule has 0 aliphatic carbocycles. The van der Waals surface area contributed by atoms with E-state index in [0.717, 1.165) is 11.4 Å².